The van der Waals surface area contributed by atoms with Crippen LogP contribution in [0, 0.1) is 5.82 Å². The van der Waals surface area contributed by atoms with Crippen molar-refractivity contribution in [2.45, 2.75) is 38.7 Å². The van der Waals surface area contributed by atoms with Gasteiger partial charge in [-0.05, 0) is 37.6 Å². The van der Waals surface area contributed by atoms with Gasteiger partial charge >= 0.3 is 5.92 Å². The lowest BCUT2D eigenvalue weighted by atomic mass is 10.0. The maximum Gasteiger partial charge on any atom is 0.330 e. The number of nitrogens with one attached hydrogen (secondary N) is 1. The number of benzene rings is 2. The van der Waals surface area contributed by atoms with E-state index >= 15 is 0 Å². The highest BCUT2D eigenvalue weighted by Gasteiger charge is 2.37. The highest BCUT2D eigenvalue weighted by Crippen LogP contribution is 2.34. The number of ketones is 1. The van der Waals surface area contributed by atoms with Gasteiger partial charge in [0.2, 0.25) is 17.6 Å². The van der Waals surface area contributed by atoms with Crippen LogP contribution in [0.4, 0.5) is 18.9 Å². The van der Waals surface area contributed by atoms with E-state index in [0.29, 0.717) is 22.2 Å². The number of Topliss-reactive ketones (excluding diaryl/α,β-unsaturated/α-hetero) is 1. The summed E-state index contributed by atoms with van der Waals surface area (Å²) >= 11 is 6.25. The van der Waals surface area contributed by atoms with Gasteiger partial charge in [0.1, 0.15) is 11.3 Å². The Hall–Kier alpha value is -3.59. The van der Waals surface area contributed by atoms with Gasteiger partial charge in [-0.15, -0.1) is 0 Å². The number of amides is 1. The second kappa shape index (κ2) is 10.6. The predicted octanol–water partition coefficient (Wildman–Crippen LogP) is 6.06. The van der Waals surface area contributed by atoms with Crippen LogP contribution in [0.3, 0.4) is 0 Å². The lowest BCUT2D eigenvalue weighted by Gasteiger charge is -2.27. The minimum absolute atomic E-state index is 0.0827. The molecule has 190 valence electrons. The number of pyridine rings is 1. The van der Waals surface area contributed by atoms with Crippen LogP contribution in [0.25, 0.3) is 0 Å². The minimum atomic E-state index is -3.59. The molecule has 0 saturated heterocycles. The molecule has 1 heterocycles. The number of nitrogens with zero attached hydrogens (tertiary/aromatic N) is 1. The second-order valence-corrected chi connectivity index (χ2v) is 8.90. The molecule has 0 aliphatic heterocycles. The molecule has 0 aliphatic carbocycles. The highest BCUT2D eigenvalue weighted by molar-refractivity contribution is 6.31. The van der Waals surface area contributed by atoms with Crippen molar-refractivity contribution in [3.8, 4) is 11.6 Å². The third kappa shape index (κ3) is 6.15. The molecule has 0 bridgehead atoms. The van der Waals surface area contributed by atoms with E-state index in [2.05, 4.69) is 10.3 Å². The molecule has 0 fully saturated rings. The fourth-order valence-electron chi connectivity index (χ4n) is 3.37. The monoisotopic (exact) mass is 520 g/mol. The van der Waals surface area contributed by atoms with Crippen LogP contribution < -0.4 is 14.8 Å². The zero-order valence-electron chi connectivity index (χ0n) is 20.0. The van der Waals surface area contributed by atoms with Gasteiger partial charge in [0.15, 0.2) is 11.6 Å². The first-order valence-corrected chi connectivity index (χ1v) is 11.2. The Kier molecular flexibility index (Phi) is 7.93. The fourth-order valence-corrected chi connectivity index (χ4v) is 3.70. The van der Waals surface area contributed by atoms with Gasteiger partial charge in [-0.3, -0.25) is 9.59 Å². The number of hydrogen-bond donors (Lipinski definition) is 1. The Morgan fingerprint density at radius 3 is 2.31 bits per heavy atom. The number of carbonyl (C=O) groups is 2. The third-order valence-corrected chi connectivity index (χ3v) is 5.61. The molecule has 3 aromatic rings. The molecule has 0 atom stereocenters. The van der Waals surface area contributed by atoms with E-state index in [1.54, 1.807) is 26.0 Å². The van der Waals surface area contributed by atoms with Crippen LogP contribution in [-0.2, 0) is 27.5 Å². The van der Waals surface area contributed by atoms with E-state index < -0.39 is 34.6 Å². The average molecular weight is 521 g/mol. The molecule has 0 spiro atoms. The van der Waals surface area contributed by atoms with Gasteiger partial charge in [-0.1, -0.05) is 35.9 Å². The number of alkyl halides is 2. The van der Waals surface area contributed by atoms with Crippen LogP contribution in [0.1, 0.15) is 37.6 Å². The van der Waals surface area contributed by atoms with E-state index in [1.165, 1.54) is 31.4 Å². The lowest BCUT2D eigenvalue weighted by molar-refractivity contribution is -0.141. The number of rotatable bonds is 9. The van der Waals surface area contributed by atoms with Crippen molar-refractivity contribution in [2.24, 2.45) is 0 Å². The Bertz CT molecular complexity index is 1280. The summed E-state index contributed by atoms with van der Waals surface area (Å²) in [5.74, 6) is -5.83. The molecule has 3 rings (SSSR count). The number of aromatic nitrogens is 1. The Morgan fingerprint density at radius 2 is 1.72 bits per heavy atom. The van der Waals surface area contributed by atoms with Gasteiger partial charge in [-0.2, -0.15) is 8.78 Å². The molecule has 0 unspecified atom stereocenters. The van der Waals surface area contributed by atoms with Crippen molar-refractivity contribution in [2.75, 3.05) is 12.4 Å². The van der Waals surface area contributed by atoms with Crippen molar-refractivity contribution in [1.82, 2.24) is 4.98 Å². The van der Waals surface area contributed by atoms with Crippen molar-refractivity contribution < 1.29 is 32.2 Å². The van der Waals surface area contributed by atoms with Crippen molar-refractivity contribution in [1.29, 1.82) is 0 Å². The first kappa shape index (κ1) is 27.0. The van der Waals surface area contributed by atoms with E-state index in [4.69, 9.17) is 21.1 Å². The molecule has 36 heavy (non-hydrogen) atoms. The van der Waals surface area contributed by atoms with Gasteiger partial charge in [0.05, 0.1) is 18.6 Å². The van der Waals surface area contributed by atoms with Crippen molar-refractivity contribution >= 4 is 29.0 Å². The molecule has 6 nitrogen and oxygen atoms in total. The molecule has 1 N–H and O–H groups in total. The SMILES string of the molecule is COc1ccc(Cl)c(C(C)(C)Oc2ccc(NC(=O)Cc3ccc(C(F)(F)C(C)=O)cc3)cc2F)n1. The van der Waals surface area contributed by atoms with E-state index in [0.717, 1.165) is 25.1 Å². The summed E-state index contributed by atoms with van der Waals surface area (Å²) in [6, 6.07) is 12.0. The summed E-state index contributed by atoms with van der Waals surface area (Å²) in [6.45, 7) is 4.16. The predicted molar refractivity (Wildman–Crippen MR) is 129 cm³/mol. The van der Waals surface area contributed by atoms with Crippen molar-refractivity contribution in [3.05, 3.63) is 82.3 Å². The molecule has 10 heteroatoms. The van der Waals surface area contributed by atoms with Gasteiger partial charge in [-0.25, -0.2) is 9.37 Å². The topological polar surface area (TPSA) is 77.5 Å². The van der Waals surface area contributed by atoms with Gasteiger partial charge in [0, 0.05) is 30.3 Å². The van der Waals surface area contributed by atoms with E-state index in [9.17, 15) is 22.8 Å². The second-order valence-electron chi connectivity index (χ2n) is 8.49. The van der Waals surface area contributed by atoms with Gasteiger partial charge < -0.3 is 14.8 Å². The zero-order chi connectivity index (χ0) is 26.7. The average Bonchev–Trinajstić information content (AvgIpc) is 2.81. The molecule has 1 aromatic heterocycles. The maximum absolute atomic E-state index is 14.8. The molecular formula is C26H24ClF3N2O4. The molecule has 2 aromatic carbocycles. The lowest BCUT2D eigenvalue weighted by Crippen LogP contribution is -2.27. The number of hydrogen-bond acceptors (Lipinski definition) is 5. The third-order valence-electron chi connectivity index (χ3n) is 5.30. The normalized spacial score (nSPS) is 11.7. The first-order chi connectivity index (χ1) is 16.8. The zero-order valence-corrected chi connectivity index (χ0v) is 20.8. The van der Waals surface area contributed by atoms with Crippen LogP contribution >= 0.6 is 11.6 Å². The van der Waals surface area contributed by atoms with Crippen LogP contribution in [0.2, 0.25) is 5.02 Å². The fraction of sp³-hybridized carbons (Fsp3) is 0.269. The van der Waals surface area contributed by atoms with Crippen LogP contribution in [-0.4, -0.2) is 23.8 Å². The number of carbonyl (C=O) groups excluding carboxylic acids is 2. The Balaban J connectivity index is 1.68. The van der Waals surface area contributed by atoms with E-state index in [-0.39, 0.29) is 17.9 Å². The standard InChI is InChI=1S/C26H24ClF3N2O4/c1-15(33)26(29,30)17-7-5-16(6-8-17)13-22(34)31-18-9-11-21(20(28)14-18)36-25(2,3)24-19(27)10-12-23(32-24)35-4/h5-12,14H,13H2,1-4H3,(H,31,34). The van der Waals surface area contributed by atoms with E-state index in [1.807, 2.05) is 0 Å². The first-order valence-electron chi connectivity index (χ1n) is 10.8. The van der Waals surface area contributed by atoms with Crippen molar-refractivity contribution in [3.63, 3.8) is 0 Å². The Labute approximate surface area is 211 Å². The summed E-state index contributed by atoms with van der Waals surface area (Å²) in [5, 5.41) is 2.88. The summed E-state index contributed by atoms with van der Waals surface area (Å²) in [5.41, 5.74) is -0.583. The largest absolute Gasteiger partial charge is 0.481 e. The van der Waals surface area contributed by atoms with Gasteiger partial charge in [0.25, 0.3) is 0 Å². The summed E-state index contributed by atoms with van der Waals surface area (Å²) in [4.78, 5) is 27.8. The summed E-state index contributed by atoms with van der Waals surface area (Å²) in [7, 11) is 1.46. The van der Waals surface area contributed by atoms with Crippen LogP contribution in [0.5, 0.6) is 11.6 Å². The molecule has 0 saturated carbocycles. The molecule has 0 aliphatic rings. The summed E-state index contributed by atoms with van der Waals surface area (Å²) < 4.78 is 53.3. The number of ether oxygens (including phenoxy) is 2. The maximum atomic E-state index is 14.8. The molecule has 0 radical (unpaired) electrons. The molecular weight excluding hydrogens is 497 g/mol. The summed E-state index contributed by atoms with van der Waals surface area (Å²) in [6.07, 6.45) is -0.140. The van der Waals surface area contributed by atoms with Crippen LogP contribution in [0.15, 0.2) is 54.6 Å². The number of halogens is 4. The number of anilines is 1. The molecule has 1 amide bonds. The smallest absolute Gasteiger partial charge is 0.330 e. The minimum Gasteiger partial charge on any atom is -0.481 e. The highest BCUT2D eigenvalue weighted by atomic mass is 35.5. The quantitative estimate of drug-likeness (QED) is 0.371. The number of methoxy groups -OCH3 is 1. The Morgan fingerprint density at radius 1 is 1.06 bits per heavy atom.